The summed E-state index contributed by atoms with van der Waals surface area (Å²) in [5.41, 5.74) is 1.55. The first kappa shape index (κ1) is 21.4. The van der Waals surface area contributed by atoms with Crippen LogP contribution >= 0.6 is 11.3 Å². The van der Waals surface area contributed by atoms with Crippen LogP contribution in [0.1, 0.15) is 54.1 Å². The summed E-state index contributed by atoms with van der Waals surface area (Å²) in [5, 5.41) is 13.5. The minimum Gasteiger partial charge on any atom is -0.508 e. The van der Waals surface area contributed by atoms with Gasteiger partial charge in [0.15, 0.2) is 16.6 Å². The number of aromatic nitrogens is 1. The second-order valence-corrected chi connectivity index (χ2v) is 10.3. The molecule has 1 aliphatic carbocycles. The van der Waals surface area contributed by atoms with E-state index in [0.29, 0.717) is 10.9 Å². The molecule has 2 N–H and O–H groups in total. The number of fused-ring (bicyclic) bond motifs is 1. The first-order chi connectivity index (χ1) is 16.6. The van der Waals surface area contributed by atoms with Crippen LogP contribution in [0.3, 0.4) is 0 Å². The molecule has 2 aromatic carbocycles. The summed E-state index contributed by atoms with van der Waals surface area (Å²) in [6, 6.07) is 13.3. The van der Waals surface area contributed by atoms with E-state index in [9.17, 15) is 9.90 Å². The van der Waals surface area contributed by atoms with Crippen molar-refractivity contribution in [1.29, 1.82) is 0 Å². The van der Waals surface area contributed by atoms with E-state index >= 15 is 0 Å². The van der Waals surface area contributed by atoms with Gasteiger partial charge in [-0.3, -0.25) is 9.69 Å². The van der Waals surface area contributed by atoms with E-state index in [2.05, 4.69) is 15.2 Å². The van der Waals surface area contributed by atoms with E-state index in [0.717, 1.165) is 47.7 Å². The number of carbonyl (C=O) groups excluding carboxylic acids is 1. The van der Waals surface area contributed by atoms with Gasteiger partial charge in [-0.25, -0.2) is 4.98 Å². The lowest BCUT2D eigenvalue weighted by Crippen LogP contribution is -2.34. The first-order valence-corrected chi connectivity index (χ1v) is 12.6. The Morgan fingerprint density at radius 3 is 2.59 bits per heavy atom. The molecule has 3 aromatic rings. The smallest absolute Gasteiger partial charge is 0.236 e. The summed E-state index contributed by atoms with van der Waals surface area (Å²) in [6.07, 6.45) is 7.10. The van der Waals surface area contributed by atoms with Gasteiger partial charge in [0.1, 0.15) is 5.75 Å². The molecule has 7 nitrogen and oxygen atoms in total. The van der Waals surface area contributed by atoms with Gasteiger partial charge < -0.3 is 19.9 Å². The number of rotatable bonds is 6. The number of aromatic hydroxyl groups is 1. The fraction of sp³-hybridized carbons (Fsp3) is 0.385. The van der Waals surface area contributed by atoms with Crippen molar-refractivity contribution in [1.82, 2.24) is 9.88 Å². The summed E-state index contributed by atoms with van der Waals surface area (Å²) >= 11 is 1.53. The van der Waals surface area contributed by atoms with Gasteiger partial charge in [0, 0.05) is 11.1 Å². The number of likely N-dealkylation sites (tertiary alicyclic amines) is 1. The quantitative estimate of drug-likeness (QED) is 0.530. The van der Waals surface area contributed by atoms with Gasteiger partial charge in [-0.15, -0.1) is 0 Å². The van der Waals surface area contributed by atoms with Crippen LogP contribution in [0.15, 0.2) is 48.7 Å². The SMILES string of the molecule is O=C(Nc1ncc(C(c2ccc(O)cc2)N2CCCCC2)s1)C1(c2ccc3c(c2)OCO3)CC1. The number of nitrogens with one attached hydrogen (secondary N) is 1. The van der Waals surface area contributed by atoms with E-state index < -0.39 is 5.41 Å². The average Bonchev–Trinajstić information content (AvgIpc) is 3.33. The van der Waals surface area contributed by atoms with Crippen LogP contribution in [0.25, 0.3) is 0 Å². The lowest BCUT2D eigenvalue weighted by molar-refractivity contribution is -0.118. The van der Waals surface area contributed by atoms with E-state index in [1.807, 2.05) is 36.5 Å². The second-order valence-electron chi connectivity index (χ2n) is 9.26. The highest BCUT2D eigenvalue weighted by atomic mass is 32.1. The number of phenols is 1. The second kappa shape index (κ2) is 8.60. The highest BCUT2D eigenvalue weighted by Crippen LogP contribution is 2.51. The molecule has 1 saturated heterocycles. The minimum atomic E-state index is -0.532. The Hall–Kier alpha value is -3.10. The molecule has 0 radical (unpaired) electrons. The summed E-state index contributed by atoms with van der Waals surface area (Å²) in [5.74, 6) is 1.66. The van der Waals surface area contributed by atoms with Crippen molar-refractivity contribution < 1.29 is 19.4 Å². The first-order valence-electron chi connectivity index (χ1n) is 11.8. The predicted octanol–water partition coefficient (Wildman–Crippen LogP) is 4.82. The van der Waals surface area contributed by atoms with Gasteiger partial charge in [0.05, 0.1) is 11.5 Å². The molecule has 3 heterocycles. The Labute approximate surface area is 202 Å². The molecule has 0 spiro atoms. The molecule has 176 valence electrons. The van der Waals surface area contributed by atoms with Gasteiger partial charge in [0.2, 0.25) is 12.7 Å². The number of carbonyl (C=O) groups is 1. The van der Waals surface area contributed by atoms with E-state index in [4.69, 9.17) is 9.47 Å². The fourth-order valence-corrected chi connectivity index (χ4v) is 6.02. The lowest BCUT2D eigenvalue weighted by atomic mass is 9.94. The van der Waals surface area contributed by atoms with Crippen LogP contribution in [0.4, 0.5) is 5.13 Å². The van der Waals surface area contributed by atoms with Crippen LogP contribution in [-0.4, -0.2) is 40.8 Å². The van der Waals surface area contributed by atoms with Crippen LogP contribution in [0.5, 0.6) is 17.2 Å². The summed E-state index contributed by atoms with van der Waals surface area (Å²) in [4.78, 5) is 21.5. The number of amides is 1. The Bertz CT molecular complexity index is 1200. The summed E-state index contributed by atoms with van der Waals surface area (Å²) in [6.45, 7) is 2.27. The Balaban J connectivity index is 1.23. The Morgan fingerprint density at radius 2 is 1.82 bits per heavy atom. The molecular formula is C26H27N3O4S. The number of nitrogens with zero attached hydrogens (tertiary/aromatic N) is 2. The molecule has 2 aliphatic heterocycles. The van der Waals surface area contributed by atoms with Crippen LogP contribution in [-0.2, 0) is 10.2 Å². The number of hydrogen-bond donors (Lipinski definition) is 2. The van der Waals surface area contributed by atoms with Crippen molar-refractivity contribution in [2.45, 2.75) is 43.6 Å². The third kappa shape index (κ3) is 3.91. The maximum atomic E-state index is 13.3. The number of thiazole rings is 1. The lowest BCUT2D eigenvalue weighted by Gasteiger charge is -2.34. The van der Waals surface area contributed by atoms with E-state index in [-0.39, 0.29) is 24.5 Å². The number of piperidine rings is 1. The van der Waals surface area contributed by atoms with Crippen molar-refractivity contribution >= 4 is 22.4 Å². The fourth-order valence-electron chi connectivity index (χ4n) is 5.04. The molecule has 8 heteroatoms. The Morgan fingerprint density at radius 1 is 1.06 bits per heavy atom. The monoisotopic (exact) mass is 477 g/mol. The number of anilines is 1. The third-order valence-electron chi connectivity index (χ3n) is 7.09. The minimum absolute atomic E-state index is 0.0218. The summed E-state index contributed by atoms with van der Waals surface area (Å²) in [7, 11) is 0. The van der Waals surface area contributed by atoms with Crippen LogP contribution < -0.4 is 14.8 Å². The number of ether oxygens (including phenoxy) is 2. The van der Waals surface area contributed by atoms with Crippen molar-refractivity contribution in [3.63, 3.8) is 0 Å². The molecule has 1 amide bonds. The largest absolute Gasteiger partial charge is 0.508 e. The highest BCUT2D eigenvalue weighted by Gasteiger charge is 2.52. The maximum absolute atomic E-state index is 13.3. The van der Waals surface area contributed by atoms with Crippen molar-refractivity contribution in [2.24, 2.45) is 0 Å². The zero-order valence-electron chi connectivity index (χ0n) is 18.8. The molecule has 1 unspecified atom stereocenters. The average molecular weight is 478 g/mol. The third-order valence-corrected chi connectivity index (χ3v) is 8.05. The molecule has 1 aromatic heterocycles. The molecule has 34 heavy (non-hydrogen) atoms. The molecule has 2 fully saturated rings. The van der Waals surface area contributed by atoms with Gasteiger partial charge in [0.25, 0.3) is 0 Å². The molecule has 1 atom stereocenters. The van der Waals surface area contributed by atoms with Crippen LogP contribution in [0.2, 0.25) is 0 Å². The molecule has 1 saturated carbocycles. The van der Waals surface area contributed by atoms with E-state index in [1.165, 1.54) is 30.6 Å². The number of benzene rings is 2. The number of hydrogen-bond acceptors (Lipinski definition) is 7. The van der Waals surface area contributed by atoms with Gasteiger partial charge in [-0.1, -0.05) is 36.0 Å². The van der Waals surface area contributed by atoms with Crippen molar-refractivity contribution in [2.75, 3.05) is 25.2 Å². The van der Waals surface area contributed by atoms with Crippen LogP contribution in [0, 0.1) is 0 Å². The Kier molecular flexibility index (Phi) is 5.42. The van der Waals surface area contributed by atoms with Crippen molar-refractivity contribution in [3.05, 3.63) is 64.7 Å². The zero-order valence-corrected chi connectivity index (χ0v) is 19.6. The molecule has 0 bridgehead atoms. The van der Waals surface area contributed by atoms with Gasteiger partial charge in [-0.05, 0) is 74.2 Å². The molecular weight excluding hydrogens is 450 g/mol. The van der Waals surface area contributed by atoms with Crippen molar-refractivity contribution in [3.8, 4) is 17.2 Å². The highest BCUT2D eigenvalue weighted by molar-refractivity contribution is 7.15. The summed E-state index contributed by atoms with van der Waals surface area (Å²) < 4.78 is 10.9. The van der Waals surface area contributed by atoms with Gasteiger partial charge in [-0.2, -0.15) is 0 Å². The standard InChI is InChI=1S/C26H27N3O4S/c30-19-7-4-17(5-8-19)23(29-12-2-1-3-13-29)22-15-27-25(34-22)28-24(31)26(10-11-26)18-6-9-20-21(14-18)33-16-32-20/h4-9,14-15,23,30H,1-3,10-13,16H2,(H,27,28,31). The normalized spacial score (nSPS) is 19.5. The predicted molar refractivity (Wildman–Crippen MR) is 130 cm³/mol. The topological polar surface area (TPSA) is 83.9 Å². The van der Waals surface area contributed by atoms with Gasteiger partial charge >= 0.3 is 0 Å². The molecule has 3 aliphatic rings. The number of phenolic OH excluding ortho intramolecular Hbond substituents is 1. The van der Waals surface area contributed by atoms with E-state index in [1.54, 1.807) is 12.1 Å². The maximum Gasteiger partial charge on any atom is 0.236 e. The zero-order chi connectivity index (χ0) is 23.1. The molecule has 6 rings (SSSR count).